The minimum absolute atomic E-state index is 0.0629. The number of amides is 1. The number of allylic oxidation sites excluding steroid dienone is 1. The molecule has 1 aromatic carbocycles. The van der Waals surface area contributed by atoms with Crippen LogP contribution in [-0.2, 0) is 4.79 Å². The summed E-state index contributed by atoms with van der Waals surface area (Å²) in [7, 11) is 0. The molecule has 0 atom stereocenters. The zero-order chi connectivity index (χ0) is 13.5. The topological polar surface area (TPSA) is 62.1 Å². The monoisotopic (exact) mass is 288 g/mol. The van der Waals surface area contributed by atoms with E-state index in [-0.39, 0.29) is 15.9 Å². The van der Waals surface area contributed by atoms with E-state index in [1.54, 1.807) is 12.1 Å². The molecule has 0 aliphatic rings. The van der Waals surface area contributed by atoms with Crippen LogP contribution in [0.1, 0.15) is 0 Å². The van der Waals surface area contributed by atoms with Crippen LogP contribution >= 0.6 is 23.2 Å². The molecule has 0 saturated heterocycles. The lowest BCUT2D eigenvalue weighted by Crippen LogP contribution is -2.28. The van der Waals surface area contributed by atoms with E-state index in [1.807, 2.05) is 0 Å². The van der Waals surface area contributed by atoms with Crippen LogP contribution in [0, 0.1) is 17.1 Å². The quantitative estimate of drug-likeness (QED) is 0.866. The number of nitriles is 1. The number of carbonyl (C=O) groups is 1. The number of carbonyl (C=O) groups excluding carboxylic acids is 1. The van der Waals surface area contributed by atoms with Crippen LogP contribution in [0.4, 0.5) is 4.39 Å². The fourth-order valence-corrected chi connectivity index (χ4v) is 1.18. The van der Waals surface area contributed by atoms with Gasteiger partial charge in [0.15, 0.2) is 23.9 Å². The van der Waals surface area contributed by atoms with Crippen LogP contribution in [0.15, 0.2) is 34.5 Å². The van der Waals surface area contributed by atoms with Crippen molar-refractivity contribution in [3.8, 4) is 11.8 Å². The van der Waals surface area contributed by atoms with Gasteiger partial charge in [-0.25, -0.2) is 4.39 Å². The standard InChI is InChI=1S/C11H7Cl2FN2O2/c12-11(13)8(5-15)16-10(17)6-18-9-4-2-1-3-7(9)14/h1-4H,6H2,(H,16,17). The maximum Gasteiger partial charge on any atom is 0.262 e. The average molecular weight is 289 g/mol. The summed E-state index contributed by atoms with van der Waals surface area (Å²) in [6, 6.07) is 7.22. The van der Waals surface area contributed by atoms with E-state index >= 15 is 0 Å². The number of nitrogens with one attached hydrogen (secondary N) is 1. The summed E-state index contributed by atoms with van der Waals surface area (Å²) in [6.45, 7) is -0.465. The summed E-state index contributed by atoms with van der Waals surface area (Å²) in [5.41, 5.74) is -0.291. The molecule has 4 nitrogen and oxygen atoms in total. The number of ether oxygens (including phenoxy) is 1. The minimum atomic E-state index is -0.673. The van der Waals surface area contributed by atoms with Crippen molar-refractivity contribution in [2.24, 2.45) is 0 Å². The third kappa shape index (κ3) is 4.24. The fraction of sp³-hybridized carbons (Fsp3) is 0.0909. The SMILES string of the molecule is N#CC(NC(=O)COc1ccccc1F)=C(Cl)Cl. The van der Waals surface area contributed by atoms with E-state index in [9.17, 15) is 9.18 Å². The highest BCUT2D eigenvalue weighted by molar-refractivity contribution is 6.56. The summed E-state index contributed by atoms with van der Waals surface area (Å²) in [5, 5.41) is 10.7. The number of para-hydroxylation sites is 1. The molecule has 0 aliphatic carbocycles. The van der Waals surface area contributed by atoms with E-state index in [4.69, 9.17) is 33.2 Å². The van der Waals surface area contributed by atoms with Gasteiger partial charge in [-0.1, -0.05) is 35.3 Å². The van der Waals surface area contributed by atoms with Gasteiger partial charge in [-0.3, -0.25) is 4.79 Å². The van der Waals surface area contributed by atoms with Crippen LogP contribution in [0.3, 0.4) is 0 Å². The first-order valence-corrected chi connectivity index (χ1v) is 5.42. The second kappa shape index (κ2) is 6.84. The Morgan fingerprint density at radius 3 is 2.67 bits per heavy atom. The highest BCUT2D eigenvalue weighted by Crippen LogP contribution is 2.15. The van der Waals surface area contributed by atoms with Crippen LogP contribution in [0.5, 0.6) is 5.75 Å². The normalized spacial score (nSPS) is 9.22. The van der Waals surface area contributed by atoms with Crippen molar-refractivity contribution in [1.82, 2.24) is 5.32 Å². The van der Waals surface area contributed by atoms with Crippen molar-refractivity contribution in [1.29, 1.82) is 5.26 Å². The summed E-state index contributed by atoms with van der Waals surface area (Å²) in [4.78, 5) is 11.3. The van der Waals surface area contributed by atoms with Crippen molar-refractivity contribution < 1.29 is 13.9 Å². The van der Waals surface area contributed by atoms with E-state index in [0.717, 1.165) is 0 Å². The molecular weight excluding hydrogens is 282 g/mol. The first-order valence-electron chi connectivity index (χ1n) is 4.67. The number of halogens is 3. The molecule has 0 spiro atoms. The van der Waals surface area contributed by atoms with Crippen LogP contribution in [0.2, 0.25) is 0 Å². The van der Waals surface area contributed by atoms with Crippen molar-refractivity contribution in [2.45, 2.75) is 0 Å². The lowest BCUT2D eigenvalue weighted by Gasteiger charge is -2.07. The van der Waals surface area contributed by atoms with Crippen LogP contribution in [-0.4, -0.2) is 12.5 Å². The van der Waals surface area contributed by atoms with Gasteiger partial charge in [-0.05, 0) is 12.1 Å². The Labute approximate surface area is 113 Å². The number of benzene rings is 1. The Morgan fingerprint density at radius 2 is 2.11 bits per heavy atom. The second-order valence-electron chi connectivity index (χ2n) is 3.01. The maximum absolute atomic E-state index is 13.1. The molecule has 0 bridgehead atoms. The number of rotatable bonds is 4. The molecule has 0 aliphatic heterocycles. The highest BCUT2D eigenvalue weighted by atomic mass is 35.5. The minimum Gasteiger partial charge on any atom is -0.481 e. The third-order valence-corrected chi connectivity index (χ3v) is 2.14. The molecule has 7 heteroatoms. The van der Waals surface area contributed by atoms with Gasteiger partial charge in [-0.15, -0.1) is 0 Å². The molecule has 0 heterocycles. The smallest absolute Gasteiger partial charge is 0.262 e. The lowest BCUT2D eigenvalue weighted by atomic mass is 10.3. The molecule has 1 N–H and O–H groups in total. The lowest BCUT2D eigenvalue weighted by molar-refractivity contribution is -0.122. The second-order valence-corrected chi connectivity index (χ2v) is 3.96. The van der Waals surface area contributed by atoms with Crippen molar-refractivity contribution in [2.75, 3.05) is 6.61 Å². The molecule has 0 radical (unpaired) electrons. The van der Waals surface area contributed by atoms with Gasteiger partial charge >= 0.3 is 0 Å². The molecule has 18 heavy (non-hydrogen) atoms. The first kappa shape index (κ1) is 14.3. The molecule has 0 fully saturated rings. The fourth-order valence-electron chi connectivity index (χ4n) is 0.998. The third-order valence-electron chi connectivity index (χ3n) is 1.76. The molecule has 1 amide bonds. The van der Waals surface area contributed by atoms with Gasteiger partial charge in [0.25, 0.3) is 5.91 Å². The van der Waals surface area contributed by atoms with Crippen LogP contribution < -0.4 is 10.1 Å². The average Bonchev–Trinajstić information content (AvgIpc) is 2.34. The maximum atomic E-state index is 13.1. The predicted octanol–water partition coefficient (Wildman–Crippen LogP) is 2.49. The van der Waals surface area contributed by atoms with Gasteiger partial charge in [0.1, 0.15) is 10.6 Å². The van der Waals surface area contributed by atoms with E-state index in [1.165, 1.54) is 18.2 Å². The predicted molar refractivity (Wildman–Crippen MR) is 64.4 cm³/mol. The Bertz CT molecular complexity index is 522. The molecule has 1 aromatic rings. The molecule has 0 aromatic heterocycles. The zero-order valence-electron chi connectivity index (χ0n) is 8.91. The number of nitrogens with zero attached hydrogens (tertiary/aromatic N) is 1. The van der Waals surface area contributed by atoms with Crippen molar-refractivity contribution in [3.05, 3.63) is 40.3 Å². The van der Waals surface area contributed by atoms with Gasteiger partial charge in [0, 0.05) is 0 Å². The summed E-state index contributed by atoms with van der Waals surface area (Å²) < 4.78 is 17.7. The van der Waals surface area contributed by atoms with Gasteiger partial charge in [0.2, 0.25) is 0 Å². The summed E-state index contributed by atoms with van der Waals surface area (Å²) in [6.07, 6.45) is 0. The summed E-state index contributed by atoms with van der Waals surface area (Å²) in [5.74, 6) is -1.32. The molecule has 0 saturated carbocycles. The molecule has 0 unspecified atom stereocenters. The van der Waals surface area contributed by atoms with E-state index in [0.29, 0.717) is 0 Å². The van der Waals surface area contributed by atoms with E-state index in [2.05, 4.69) is 5.32 Å². The molecule has 1 rings (SSSR count). The Hall–Kier alpha value is -1.77. The van der Waals surface area contributed by atoms with Crippen LogP contribution in [0.25, 0.3) is 0 Å². The molecule has 94 valence electrons. The van der Waals surface area contributed by atoms with Crippen molar-refractivity contribution in [3.63, 3.8) is 0 Å². The Morgan fingerprint density at radius 1 is 1.44 bits per heavy atom. The highest BCUT2D eigenvalue weighted by Gasteiger charge is 2.09. The Balaban J connectivity index is 2.56. The summed E-state index contributed by atoms with van der Waals surface area (Å²) >= 11 is 10.7. The van der Waals surface area contributed by atoms with Crippen molar-refractivity contribution >= 4 is 29.1 Å². The number of hydrogen-bond acceptors (Lipinski definition) is 3. The largest absolute Gasteiger partial charge is 0.481 e. The van der Waals surface area contributed by atoms with E-state index < -0.39 is 18.3 Å². The van der Waals surface area contributed by atoms with Gasteiger partial charge in [-0.2, -0.15) is 5.26 Å². The zero-order valence-corrected chi connectivity index (χ0v) is 10.4. The Kier molecular flexibility index (Phi) is 5.43. The van der Waals surface area contributed by atoms with Gasteiger partial charge < -0.3 is 10.1 Å². The first-order chi connectivity index (χ1) is 8.54. The van der Waals surface area contributed by atoms with Gasteiger partial charge in [0.05, 0.1) is 0 Å². The molecular formula is C11H7Cl2FN2O2. The number of hydrogen-bond donors (Lipinski definition) is 1.